The Kier molecular flexibility index (Phi) is 5.05. The first kappa shape index (κ1) is 17.8. The van der Waals surface area contributed by atoms with Crippen LogP contribution in [0.1, 0.15) is 5.56 Å². The van der Waals surface area contributed by atoms with Crippen molar-refractivity contribution in [3.05, 3.63) is 78.6 Å². The van der Waals surface area contributed by atoms with Gasteiger partial charge in [0.25, 0.3) is 0 Å². The molecule has 2 aromatic heterocycles. The van der Waals surface area contributed by atoms with Gasteiger partial charge in [0.2, 0.25) is 0 Å². The molecule has 0 spiro atoms. The highest BCUT2D eigenvalue weighted by Gasteiger charge is 2.10. The zero-order chi connectivity index (χ0) is 19.3. The van der Waals surface area contributed by atoms with Gasteiger partial charge in [-0.05, 0) is 42.0 Å². The molecule has 2 heterocycles. The highest BCUT2D eigenvalue weighted by molar-refractivity contribution is 5.90. The first-order chi connectivity index (χ1) is 13.7. The van der Waals surface area contributed by atoms with Gasteiger partial charge in [-0.3, -0.25) is 4.98 Å². The summed E-state index contributed by atoms with van der Waals surface area (Å²) < 4.78 is 29.3. The number of benzene rings is 2. The molecule has 5 nitrogen and oxygen atoms in total. The minimum absolute atomic E-state index is 0.123. The average Bonchev–Trinajstić information content (AvgIpc) is 2.72. The van der Waals surface area contributed by atoms with Crippen molar-refractivity contribution in [2.24, 2.45) is 0 Å². The molecular weight excluding hydrogens is 362 g/mol. The number of hydrogen-bond acceptors (Lipinski definition) is 5. The third-order valence-corrected chi connectivity index (χ3v) is 4.11. The van der Waals surface area contributed by atoms with Gasteiger partial charge in [-0.2, -0.15) is 8.78 Å². The van der Waals surface area contributed by atoms with Gasteiger partial charge >= 0.3 is 6.61 Å². The molecule has 0 aliphatic rings. The molecular formula is C21H16F2N4O. The summed E-state index contributed by atoms with van der Waals surface area (Å²) in [5.74, 6) is 1.34. The molecule has 4 aromatic rings. The molecule has 1 N–H and O–H groups in total. The van der Waals surface area contributed by atoms with Crippen molar-refractivity contribution in [2.75, 3.05) is 5.32 Å². The lowest BCUT2D eigenvalue weighted by molar-refractivity contribution is -0.0498. The summed E-state index contributed by atoms with van der Waals surface area (Å²) in [5.41, 5.74) is 2.40. The van der Waals surface area contributed by atoms with Crippen LogP contribution in [0, 0.1) is 0 Å². The number of pyridine rings is 1. The van der Waals surface area contributed by atoms with Crippen LogP contribution >= 0.6 is 0 Å². The van der Waals surface area contributed by atoms with Crippen LogP contribution < -0.4 is 10.1 Å². The second-order valence-electron chi connectivity index (χ2n) is 6.03. The largest absolute Gasteiger partial charge is 0.435 e. The molecule has 0 saturated carbocycles. The monoisotopic (exact) mass is 378 g/mol. The summed E-state index contributed by atoms with van der Waals surface area (Å²) in [6, 6.07) is 18.0. The fourth-order valence-electron chi connectivity index (χ4n) is 2.85. The number of nitrogens with one attached hydrogen (secondary N) is 1. The van der Waals surface area contributed by atoms with E-state index in [0.717, 1.165) is 22.0 Å². The molecule has 0 aliphatic heterocycles. The number of nitrogens with zero attached hydrogens (tertiary/aromatic N) is 3. The molecule has 0 unspecified atom stereocenters. The zero-order valence-corrected chi connectivity index (χ0v) is 14.7. The predicted octanol–water partition coefficient (Wildman–Crippen LogP) is 4.91. The predicted molar refractivity (Wildman–Crippen MR) is 103 cm³/mol. The number of ether oxygens (including phenoxy) is 1. The van der Waals surface area contributed by atoms with Crippen LogP contribution in [0.2, 0.25) is 0 Å². The van der Waals surface area contributed by atoms with E-state index in [0.29, 0.717) is 18.2 Å². The molecule has 7 heteroatoms. The third kappa shape index (κ3) is 4.03. The Morgan fingerprint density at radius 2 is 1.86 bits per heavy atom. The van der Waals surface area contributed by atoms with Gasteiger partial charge in [0.05, 0.1) is 5.52 Å². The quantitative estimate of drug-likeness (QED) is 0.517. The summed E-state index contributed by atoms with van der Waals surface area (Å²) in [6.45, 7) is -2.45. The van der Waals surface area contributed by atoms with Crippen LogP contribution in [0.5, 0.6) is 5.75 Å². The molecule has 0 aliphatic carbocycles. The number of halogens is 2. The lowest BCUT2D eigenvalue weighted by Crippen LogP contribution is -2.06. The lowest BCUT2D eigenvalue weighted by Gasteiger charge is -2.12. The van der Waals surface area contributed by atoms with Gasteiger partial charge in [0, 0.05) is 29.9 Å². The SMILES string of the molecule is FC(F)Oc1cccc(CNc2nc(-c3cccnc3)nc3ccccc23)c1. The van der Waals surface area contributed by atoms with Crippen molar-refractivity contribution in [1.29, 1.82) is 0 Å². The molecule has 28 heavy (non-hydrogen) atoms. The smallest absolute Gasteiger partial charge is 0.387 e. The topological polar surface area (TPSA) is 59.9 Å². The average molecular weight is 378 g/mol. The summed E-state index contributed by atoms with van der Waals surface area (Å²) in [5, 5.41) is 4.15. The van der Waals surface area contributed by atoms with E-state index in [9.17, 15) is 8.78 Å². The van der Waals surface area contributed by atoms with Gasteiger partial charge in [-0.25, -0.2) is 9.97 Å². The van der Waals surface area contributed by atoms with Gasteiger partial charge in [-0.15, -0.1) is 0 Å². The Morgan fingerprint density at radius 1 is 0.964 bits per heavy atom. The van der Waals surface area contributed by atoms with Crippen molar-refractivity contribution >= 4 is 16.7 Å². The maximum absolute atomic E-state index is 12.4. The minimum Gasteiger partial charge on any atom is -0.435 e. The molecule has 4 rings (SSSR count). The van der Waals surface area contributed by atoms with Crippen molar-refractivity contribution in [3.8, 4) is 17.1 Å². The van der Waals surface area contributed by atoms with Crippen LogP contribution in [0.15, 0.2) is 73.1 Å². The fraction of sp³-hybridized carbons (Fsp3) is 0.0952. The van der Waals surface area contributed by atoms with Crippen LogP contribution in [-0.4, -0.2) is 21.6 Å². The molecule has 140 valence electrons. The maximum atomic E-state index is 12.4. The summed E-state index contributed by atoms with van der Waals surface area (Å²) >= 11 is 0. The van der Waals surface area contributed by atoms with Crippen LogP contribution in [0.3, 0.4) is 0 Å². The summed E-state index contributed by atoms with van der Waals surface area (Å²) in [7, 11) is 0. The van der Waals surface area contributed by atoms with Gasteiger partial charge < -0.3 is 10.1 Å². The van der Waals surface area contributed by atoms with E-state index >= 15 is 0 Å². The molecule has 0 radical (unpaired) electrons. The standard InChI is InChI=1S/C21H16F2N4O/c22-21(23)28-16-7-3-5-14(11-16)12-25-20-17-8-1-2-9-18(17)26-19(27-20)15-6-4-10-24-13-15/h1-11,13,21H,12H2,(H,25,26,27). The van der Waals surface area contributed by atoms with Crippen molar-refractivity contribution in [1.82, 2.24) is 15.0 Å². The number of alkyl halides is 2. The number of para-hydroxylation sites is 1. The van der Waals surface area contributed by atoms with E-state index in [1.54, 1.807) is 24.5 Å². The van der Waals surface area contributed by atoms with Crippen LogP contribution in [0.4, 0.5) is 14.6 Å². The number of rotatable bonds is 6. The second kappa shape index (κ2) is 7.96. The van der Waals surface area contributed by atoms with E-state index in [-0.39, 0.29) is 5.75 Å². The number of hydrogen-bond donors (Lipinski definition) is 1. The Balaban J connectivity index is 1.65. The summed E-state index contributed by atoms with van der Waals surface area (Å²) in [4.78, 5) is 13.4. The first-order valence-electron chi connectivity index (χ1n) is 8.64. The van der Waals surface area contributed by atoms with E-state index in [1.165, 1.54) is 6.07 Å². The molecule has 0 amide bonds. The number of fused-ring (bicyclic) bond motifs is 1. The van der Waals surface area contributed by atoms with Crippen LogP contribution in [0.25, 0.3) is 22.3 Å². The Morgan fingerprint density at radius 3 is 2.68 bits per heavy atom. The van der Waals surface area contributed by atoms with Gasteiger partial charge in [-0.1, -0.05) is 24.3 Å². The Hall–Kier alpha value is -3.61. The lowest BCUT2D eigenvalue weighted by atomic mass is 10.2. The highest BCUT2D eigenvalue weighted by Crippen LogP contribution is 2.25. The Bertz CT molecular complexity index is 1090. The first-order valence-corrected chi connectivity index (χ1v) is 8.64. The molecule has 0 atom stereocenters. The van der Waals surface area contributed by atoms with E-state index in [4.69, 9.17) is 0 Å². The van der Waals surface area contributed by atoms with Crippen molar-refractivity contribution < 1.29 is 13.5 Å². The van der Waals surface area contributed by atoms with E-state index < -0.39 is 6.61 Å². The number of aromatic nitrogens is 3. The van der Waals surface area contributed by atoms with E-state index in [1.807, 2.05) is 42.5 Å². The molecule has 2 aromatic carbocycles. The molecule has 0 fully saturated rings. The second-order valence-corrected chi connectivity index (χ2v) is 6.03. The third-order valence-electron chi connectivity index (χ3n) is 4.11. The highest BCUT2D eigenvalue weighted by atomic mass is 19.3. The van der Waals surface area contributed by atoms with Gasteiger partial charge in [0.1, 0.15) is 11.6 Å². The van der Waals surface area contributed by atoms with Crippen LogP contribution in [-0.2, 0) is 6.54 Å². The zero-order valence-electron chi connectivity index (χ0n) is 14.7. The van der Waals surface area contributed by atoms with Gasteiger partial charge in [0.15, 0.2) is 5.82 Å². The van der Waals surface area contributed by atoms with E-state index in [2.05, 4.69) is 25.0 Å². The Labute approximate surface area is 160 Å². The summed E-state index contributed by atoms with van der Waals surface area (Å²) in [6.07, 6.45) is 3.40. The number of anilines is 1. The minimum atomic E-state index is -2.85. The van der Waals surface area contributed by atoms with Crippen molar-refractivity contribution in [3.63, 3.8) is 0 Å². The normalized spacial score (nSPS) is 11.0. The maximum Gasteiger partial charge on any atom is 0.387 e. The molecule has 0 bridgehead atoms. The van der Waals surface area contributed by atoms with Crippen molar-refractivity contribution in [2.45, 2.75) is 13.2 Å². The fourth-order valence-corrected chi connectivity index (χ4v) is 2.85. The molecule has 0 saturated heterocycles.